The molecule has 0 unspecified atom stereocenters. The van der Waals surface area contributed by atoms with Gasteiger partial charge in [0, 0.05) is 26.0 Å². The normalized spacial score (nSPS) is 10.2. The van der Waals surface area contributed by atoms with Gasteiger partial charge in [0.05, 0.1) is 6.20 Å². The minimum absolute atomic E-state index is 0.501. The molecule has 0 radical (unpaired) electrons. The van der Waals surface area contributed by atoms with Crippen LogP contribution < -0.4 is 10.6 Å². The Hall–Kier alpha value is -1.88. The van der Waals surface area contributed by atoms with E-state index in [2.05, 4.69) is 25.6 Å². The van der Waals surface area contributed by atoms with Gasteiger partial charge in [-0.2, -0.15) is 4.98 Å². The molecule has 94 valence electrons. The van der Waals surface area contributed by atoms with Gasteiger partial charge < -0.3 is 10.6 Å². The summed E-state index contributed by atoms with van der Waals surface area (Å²) in [6, 6.07) is 1.97. The first-order valence-corrected chi connectivity index (χ1v) is 5.92. The van der Waals surface area contributed by atoms with Crippen LogP contribution in [0.3, 0.4) is 0 Å². The largest absolute Gasteiger partial charge is 0.365 e. The number of halogens is 1. The van der Waals surface area contributed by atoms with Gasteiger partial charge in [0.25, 0.3) is 0 Å². The van der Waals surface area contributed by atoms with E-state index in [0.717, 1.165) is 11.1 Å². The molecule has 2 heterocycles. The van der Waals surface area contributed by atoms with E-state index in [-0.39, 0.29) is 0 Å². The predicted octanol–water partition coefficient (Wildman–Crippen LogP) is 2.49. The van der Waals surface area contributed by atoms with Gasteiger partial charge in [-0.1, -0.05) is 11.6 Å². The molecule has 0 aliphatic carbocycles. The third-order valence-corrected chi connectivity index (χ3v) is 2.83. The zero-order valence-electron chi connectivity index (χ0n) is 10.2. The van der Waals surface area contributed by atoms with Crippen molar-refractivity contribution in [3.63, 3.8) is 0 Å². The lowest BCUT2D eigenvalue weighted by Gasteiger charge is -2.10. The molecule has 2 aromatic heterocycles. The summed E-state index contributed by atoms with van der Waals surface area (Å²) in [4.78, 5) is 12.3. The number of hydrogen-bond donors (Lipinski definition) is 2. The van der Waals surface area contributed by atoms with Crippen molar-refractivity contribution in [2.45, 2.75) is 13.5 Å². The predicted molar refractivity (Wildman–Crippen MR) is 72.9 cm³/mol. The van der Waals surface area contributed by atoms with Crippen LogP contribution in [-0.2, 0) is 6.54 Å². The van der Waals surface area contributed by atoms with Crippen molar-refractivity contribution in [1.82, 2.24) is 15.0 Å². The van der Waals surface area contributed by atoms with E-state index in [1.807, 2.05) is 19.2 Å². The third kappa shape index (κ3) is 2.87. The van der Waals surface area contributed by atoms with Crippen LogP contribution in [-0.4, -0.2) is 22.0 Å². The lowest BCUT2D eigenvalue weighted by atomic mass is 10.1. The molecule has 2 rings (SSSR count). The van der Waals surface area contributed by atoms with Gasteiger partial charge in [-0.05, 0) is 24.1 Å². The maximum absolute atomic E-state index is 6.03. The molecule has 6 heteroatoms. The number of pyridine rings is 1. The number of rotatable bonds is 4. The molecule has 0 amide bonds. The van der Waals surface area contributed by atoms with Crippen LogP contribution in [0.2, 0.25) is 5.02 Å². The molecule has 0 spiro atoms. The average Bonchev–Trinajstić information content (AvgIpc) is 2.39. The molecule has 0 bridgehead atoms. The van der Waals surface area contributed by atoms with E-state index >= 15 is 0 Å². The highest BCUT2D eigenvalue weighted by atomic mass is 35.5. The number of nitrogens with one attached hydrogen (secondary N) is 2. The summed E-state index contributed by atoms with van der Waals surface area (Å²) in [5, 5.41) is 6.57. The van der Waals surface area contributed by atoms with Gasteiger partial charge in [0.1, 0.15) is 5.02 Å². The van der Waals surface area contributed by atoms with Crippen LogP contribution in [0.5, 0.6) is 0 Å². The second-order valence-electron chi connectivity index (χ2n) is 3.80. The zero-order valence-corrected chi connectivity index (χ0v) is 11.0. The first-order valence-electron chi connectivity index (χ1n) is 5.54. The molecule has 0 saturated carbocycles. The lowest BCUT2D eigenvalue weighted by molar-refractivity contribution is 1.05. The van der Waals surface area contributed by atoms with E-state index in [4.69, 9.17) is 11.6 Å². The monoisotopic (exact) mass is 263 g/mol. The first kappa shape index (κ1) is 12.6. The molecule has 0 atom stereocenters. The number of anilines is 2. The molecule has 0 saturated heterocycles. The van der Waals surface area contributed by atoms with Crippen LogP contribution in [0, 0.1) is 6.92 Å². The van der Waals surface area contributed by atoms with E-state index in [1.165, 1.54) is 0 Å². The van der Waals surface area contributed by atoms with Crippen molar-refractivity contribution in [2.75, 3.05) is 17.7 Å². The number of hydrogen-bond acceptors (Lipinski definition) is 5. The Morgan fingerprint density at radius 1 is 1.33 bits per heavy atom. The summed E-state index contributed by atoms with van der Waals surface area (Å²) in [5.41, 5.74) is 2.29. The lowest BCUT2D eigenvalue weighted by Crippen LogP contribution is -2.06. The fraction of sp³-hybridized carbons (Fsp3) is 0.250. The molecule has 5 nitrogen and oxygen atoms in total. The molecule has 0 aliphatic heterocycles. The number of nitrogens with zero attached hydrogens (tertiary/aromatic N) is 3. The first-order chi connectivity index (χ1) is 8.70. The summed E-state index contributed by atoms with van der Waals surface area (Å²) < 4.78 is 0. The molecule has 0 fully saturated rings. The van der Waals surface area contributed by atoms with Gasteiger partial charge in [-0.25, -0.2) is 4.98 Å². The molecule has 0 aromatic carbocycles. The molecule has 2 aromatic rings. The van der Waals surface area contributed by atoms with Crippen molar-refractivity contribution >= 4 is 23.4 Å². The van der Waals surface area contributed by atoms with Crippen LogP contribution in [0.15, 0.2) is 24.7 Å². The van der Waals surface area contributed by atoms with Gasteiger partial charge in [-0.3, -0.25) is 4.98 Å². The van der Waals surface area contributed by atoms with Gasteiger partial charge >= 0.3 is 0 Å². The van der Waals surface area contributed by atoms with Crippen molar-refractivity contribution in [3.8, 4) is 0 Å². The van der Waals surface area contributed by atoms with Crippen LogP contribution in [0.25, 0.3) is 0 Å². The molecule has 18 heavy (non-hydrogen) atoms. The molecule has 2 N–H and O–H groups in total. The Morgan fingerprint density at radius 3 is 2.89 bits per heavy atom. The van der Waals surface area contributed by atoms with Crippen molar-refractivity contribution < 1.29 is 0 Å². The van der Waals surface area contributed by atoms with E-state index < -0.39 is 0 Å². The van der Waals surface area contributed by atoms with E-state index in [0.29, 0.717) is 23.3 Å². The van der Waals surface area contributed by atoms with E-state index in [9.17, 15) is 0 Å². The SMILES string of the molecule is CNc1ncc(Cl)c(NCc2ccncc2C)n1. The van der Waals surface area contributed by atoms with Crippen molar-refractivity contribution in [2.24, 2.45) is 0 Å². The number of aromatic nitrogens is 3. The third-order valence-electron chi connectivity index (χ3n) is 2.55. The Kier molecular flexibility index (Phi) is 3.94. The maximum Gasteiger partial charge on any atom is 0.224 e. The minimum atomic E-state index is 0.501. The highest BCUT2D eigenvalue weighted by Crippen LogP contribution is 2.20. The maximum atomic E-state index is 6.03. The Morgan fingerprint density at radius 2 is 2.17 bits per heavy atom. The summed E-state index contributed by atoms with van der Waals surface area (Å²) in [6.07, 6.45) is 5.17. The van der Waals surface area contributed by atoms with Gasteiger partial charge in [0.2, 0.25) is 5.95 Å². The molecule has 0 aliphatic rings. The smallest absolute Gasteiger partial charge is 0.224 e. The van der Waals surface area contributed by atoms with Crippen LogP contribution >= 0.6 is 11.6 Å². The second kappa shape index (κ2) is 5.64. The summed E-state index contributed by atoms with van der Waals surface area (Å²) in [6.45, 7) is 2.67. The van der Waals surface area contributed by atoms with Crippen LogP contribution in [0.4, 0.5) is 11.8 Å². The van der Waals surface area contributed by atoms with Crippen molar-refractivity contribution in [3.05, 3.63) is 40.8 Å². The summed E-state index contributed by atoms with van der Waals surface area (Å²) in [7, 11) is 1.76. The topological polar surface area (TPSA) is 62.7 Å². The highest BCUT2D eigenvalue weighted by Gasteiger charge is 2.05. The molecular formula is C12H14ClN5. The fourth-order valence-corrected chi connectivity index (χ4v) is 1.65. The minimum Gasteiger partial charge on any atom is -0.365 e. The molecular weight excluding hydrogens is 250 g/mol. The summed E-state index contributed by atoms with van der Waals surface area (Å²) >= 11 is 6.03. The fourth-order valence-electron chi connectivity index (χ4n) is 1.49. The Balaban J connectivity index is 2.13. The summed E-state index contributed by atoms with van der Waals surface area (Å²) in [5.74, 6) is 1.15. The van der Waals surface area contributed by atoms with Gasteiger partial charge in [-0.15, -0.1) is 0 Å². The number of aryl methyl sites for hydroxylation is 1. The highest BCUT2D eigenvalue weighted by molar-refractivity contribution is 6.32. The van der Waals surface area contributed by atoms with Gasteiger partial charge in [0.15, 0.2) is 5.82 Å². The quantitative estimate of drug-likeness (QED) is 0.887. The van der Waals surface area contributed by atoms with Crippen LogP contribution in [0.1, 0.15) is 11.1 Å². The Bertz CT molecular complexity index is 544. The standard InChI is InChI=1S/C12H14ClN5/c1-8-5-15-4-3-9(8)6-16-11-10(13)7-17-12(14-2)18-11/h3-5,7H,6H2,1-2H3,(H2,14,16,17,18). The zero-order chi connectivity index (χ0) is 13.0. The second-order valence-corrected chi connectivity index (χ2v) is 4.20. The Labute approximate surface area is 111 Å². The van der Waals surface area contributed by atoms with E-state index in [1.54, 1.807) is 19.4 Å². The average molecular weight is 264 g/mol. The van der Waals surface area contributed by atoms with Crippen molar-refractivity contribution in [1.29, 1.82) is 0 Å².